The minimum atomic E-state index is -0.209. The maximum Gasteiger partial charge on any atom is 0.231 e. The van der Waals surface area contributed by atoms with E-state index >= 15 is 0 Å². The van der Waals surface area contributed by atoms with Gasteiger partial charge in [-0.2, -0.15) is 0 Å². The number of fused-ring (bicyclic) bond motifs is 7. The molecule has 2 unspecified atom stereocenters. The number of carbonyl (C=O) groups is 2. The molecule has 5 rings (SSSR count). The first-order valence-corrected chi connectivity index (χ1v) is 11.6. The van der Waals surface area contributed by atoms with E-state index < -0.39 is 0 Å². The molecule has 28 heavy (non-hydrogen) atoms. The Hall–Kier alpha value is -1.38. The quantitative estimate of drug-likeness (QED) is 0.464. The molecule has 5 aliphatic rings. The van der Waals surface area contributed by atoms with Gasteiger partial charge in [0.25, 0.3) is 0 Å². The van der Waals surface area contributed by atoms with Crippen molar-refractivity contribution in [2.75, 3.05) is 0 Å². The second kappa shape index (κ2) is 6.06. The van der Waals surface area contributed by atoms with Crippen molar-refractivity contribution in [3.8, 4) is 0 Å². The lowest BCUT2D eigenvalue weighted by atomic mass is 9.74. The molecule has 6 atom stereocenters. The van der Waals surface area contributed by atoms with E-state index in [1.807, 2.05) is 4.90 Å². The molecule has 0 N–H and O–H groups in total. The number of carbonyl (C=O) groups excluding carboxylic acids is 2. The van der Waals surface area contributed by atoms with Crippen LogP contribution in [0.3, 0.4) is 0 Å². The fraction of sp³-hybridized carbons (Fsp3) is 0.760. The van der Waals surface area contributed by atoms with Gasteiger partial charge in [0.05, 0.1) is 11.2 Å². The summed E-state index contributed by atoms with van der Waals surface area (Å²) in [5.74, 6) is 2.02. The molecule has 1 heterocycles. The van der Waals surface area contributed by atoms with Crippen LogP contribution in [-0.2, 0) is 9.59 Å². The van der Waals surface area contributed by atoms with Gasteiger partial charge in [-0.05, 0) is 67.8 Å². The number of amides is 1. The summed E-state index contributed by atoms with van der Waals surface area (Å²) in [7, 11) is 0. The molecule has 1 amide bonds. The molecule has 1 saturated heterocycles. The van der Waals surface area contributed by atoms with E-state index in [-0.39, 0.29) is 28.7 Å². The monoisotopic (exact) mass is 381 g/mol. The third-order valence-corrected chi connectivity index (χ3v) is 9.42. The minimum absolute atomic E-state index is 0.0559. The van der Waals surface area contributed by atoms with E-state index in [1.165, 1.54) is 24.8 Å². The maximum atomic E-state index is 13.8. The summed E-state index contributed by atoms with van der Waals surface area (Å²) in [6, 6.07) is 0. The summed E-state index contributed by atoms with van der Waals surface area (Å²) in [5, 5.41) is 0. The van der Waals surface area contributed by atoms with Gasteiger partial charge in [-0.1, -0.05) is 52.2 Å². The number of hydrogen-bond donors (Lipinski definition) is 0. The first-order chi connectivity index (χ1) is 13.3. The van der Waals surface area contributed by atoms with Gasteiger partial charge in [0.15, 0.2) is 5.78 Å². The Labute approximate surface area is 169 Å². The van der Waals surface area contributed by atoms with Crippen molar-refractivity contribution in [3.05, 3.63) is 23.4 Å². The topological polar surface area (TPSA) is 37.4 Å². The van der Waals surface area contributed by atoms with Crippen LogP contribution in [0, 0.1) is 35.0 Å². The molecule has 0 aromatic carbocycles. The number of piperidine rings is 1. The molecule has 4 bridgehead atoms. The van der Waals surface area contributed by atoms with Crippen molar-refractivity contribution >= 4 is 11.7 Å². The van der Waals surface area contributed by atoms with E-state index in [0.29, 0.717) is 23.5 Å². The van der Waals surface area contributed by atoms with Gasteiger partial charge in [0.2, 0.25) is 5.91 Å². The van der Waals surface area contributed by atoms with E-state index in [4.69, 9.17) is 0 Å². The third kappa shape index (κ3) is 2.11. The van der Waals surface area contributed by atoms with Crippen LogP contribution in [0.4, 0.5) is 0 Å². The first kappa shape index (κ1) is 18.6. The molecular formula is C25H35NO2. The molecule has 0 spiro atoms. The molecular weight excluding hydrogens is 346 g/mol. The molecule has 0 aromatic rings. The van der Waals surface area contributed by atoms with E-state index in [9.17, 15) is 9.59 Å². The molecule has 1 aliphatic heterocycles. The number of ketones is 1. The second-order valence-corrected chi connectivity index (χ2v) is 10.8. The summed E-state index contributed by atoms with van der Waals surface area (Å²) in [6.07, 6.45) is 13.6. The Morgan fingerprint density at radius 2 is 1.75 bits per heavy atom. The van der Waals surface area contributed by atoms with Crippen LogP contribution < -0.4 is 0 Å². The van der Waals surface area contributed by atoms with Crippen molar-refractivity contribution < 1.29 is 9.59 Å². The van der Waals surface area contributed by atoms with Crippen LogP contribution in [0.5, 0.6) is 0 Å². The highest BCUT2D eigenvalue weighted by Gasteiger charge is 2.68. The summed E-state index contributed by atoms with van der Waals surface area (Å²) >= 11 is 0. The SMILES string of the molecule is CCCCCCC1=C(N2C(=O)[C@H]3CC[C@]2(C)C3(C)C)C(=O)C2C1[C@@H]1C=C[C@H]2C1. The molecule has 3 nitrogen and oxygen atoms in total. The van der Waals surface area contributed by atoms with Crippen LogP contribution in [0.2, 0.25) is 0 Å². The highest BCUT2D eigenvalue weighted by atomic mass is 16.2. The Balaban J connectivity index is 1.56. The molecule has 2 saturated carbocycles. The van der Waals surface area contributed by atoms with Gasteiger partial charge < -0.3 is 4.90 Å². The van der Waals surface area contributed by atoms with Gasteiger partial charge in [-0.15, -0.1) is 0 Å². The predicted octanol–water partition coefficient (Wildman–Crippen LogP) is 5.27. The van der Waals surface area contributed by atoms with E-state index in [0.717, 1.165) is 37.8 Å². The van der Waals surface area contributed by atoms with Crippen molar-refractivity contribution in [2.24, 2.45) is 35.0 Å². The van der Waals surface area contributed by atoms with E-state index in [2.05, 4.69) is 39.8 Å². The minimum Gasteiger partial charge on any atom is -0.302 e. The first-order valence-electron chi connectivity index (χ1n) is 11.6. The van der Waals surface area contributed by atoms with Crippen LogP contribution in [0.15, 0.2) is 23.4 Å². The zero-order valence-electron chi connectivity index (χ0n) is 18.0. The lowest BCUT2D eigenvalue weighted by Crippen LogP contribution is -2.50. The number of rotatable bonds is 6. The highest BCUT2D eigenvalue weighted by Crippen LogP contribution is 2.64. The second-order valence-electron chi connectivity index (χ2n) is 10.8. The van der Waals surface area contributed by atoms with Crippen molar-refractivity contribution in [3.63, 3.8) is 0 Å². The fourth-order valence-electron chi connectivity index (χ4n) is 7.48. The third-order valence-electron chi connectivity index (χ3n) is 9.42. The number of unbranched alkanes of at least 4 members (excludes halogenated alkanes) is 3. The van der Waals surface area contributed by atoms with Gasteiger partial charge in [-0.3, -0.25) is 9.59 Å². The summed E-state index contributed by atoms with van der Waals surface area (Å²) in [4.78, 5) is 29.3. The predicted molar refractivity (Wildman–Crippen MR) is 110 cm³/mol. The summed E-state index contributed by atoms with van der Waals surface area (Å²) < 4.78 is 0. The molecule has 0 aromatic heterocycles. The fourth-order valence-corrected chi connectivity index (χ4v) is 7.48. The van der Waals surface area contributed by atoms with Crippen LogP contribution in [0.1, 0.15) is 79.1 Å². The van der Waals surface area contributed by atoms with Crippen LogP contribution in [-0.4, -0.2) is 22.1 Å². The Bertz CT molecular complexity index is 790. The molecule has 4 aliphatic carbocycles. The molecule has 3 heteroatoms. The number of nitrogens with zero attached hydrogens (tertiary/aromatic N) is 1. The van der Waals surface area contributed by atoms with Crippen molar-refractivity contribution in [1.82, 2.24) is 4.90 Å². The van der Waals surface area contributed by atoms with Crippen LogP contribution in [0.25, 0.3) is 0 Å². The standard InChI is InChI=1S/C25H35NO2/c1-5-6-7-8-9-17-19-15-10-11-16(14-15)20(19)22(27)21(17)26-23(28)18-12-13-25(26,4)24(18,2)3/h10-11,15-16,18-20H,5-9,12-14H2,1-4H3/t15-,16+,18-,19?,20?,25-/m1/s1. The Kier molecular flexibility index (Phi) is 4.03. The average Bonchev–Trinajstić information content (AvgIpc) is 3.39. The van der Waals surface area contributed by atoms with Gasteiger partial charge >= 0.3 is 0 Å². The van der Waals surface area contributed by atoms with E-state index in [1.54, 1.807) is 0 Å². The lowest BCUT2D eigenvalue weighted by Gasteiger charge is -2.42. The number of likely N-dealkylation sites (tertiary alicyclic amines) is 1. The Morgan fingerprint density at radius 1 is 1.04 bits per heavy atom. The largest absolute Gasteiger partial charge is 0.302 e. The van der Waals surface area contributed by atoms with Gasteiger partial charge in [-0.25, -0.2) is 0 Å². The highest BCUT2D eigenvalue weighted by molar-refractivity contribution is 6.06. The summed E-state index contributed by atoms with van der Waals surface area (Å²) in [6.45, 7) is 8.97. The van der Waals surface area contributed by atoms with Gasteiger partial charge in [0, 0.05) is 11.8 Å². The van der Waals surface area contributed by atoms with Crippen LogP contribution >= 0.6 is 0 Å². The lowest BCUT2D eigenvalue weighted by molar-refractivity contribution is -0.137. The average molecular weight is 382 g/mol. The molecule has 3 fully saturated rings. The number of hydrogen-bond acceptors (Lipinski definition) is 2. The molecule has 0 radical (unpaired) electrons. The van der Waals surface area contributed by atoms with Crippen molar-refractivity contribution in [1.29, 1.82) is 0 Å². The zero-order chi connectivity index (χ0) is 19.8. The Morgan fingerprint density at radius 3 is 2.39 bits per heavy atom. The zero-order valence-corrected chi connectivity index (χ0v) is 18.0. The van der Waals surface area contributed by atoms with Gasteiger partial charge in [0.1, 0.15) is 0 Å². The number of allylic oxidation sites excluding steroid dienone is 4. The smallest absolute Gasteiger partial charge is 0.231 e. The molecule has 152 valence electrons. The number of Topliss-reactive ketones (excluding diaryl/α,β-unsaturated/α-hetero) is 1. The van der Waals surface area contributed by atoms with Crippen molar-refractivity contribution in [2.45, 2.75) is 84.6 Å². The normalized spacial score (nSPS) is 42.4. The summed E-state index contributed by atoms with van der Waals surface area (Å²) in [5.41, 5.74) is 1.94. The maximum absolute atomic E-state index is 13.8.